The Morgan fingerprint density at radius 1 is 1.19 bits per heavy atom. The lowest BCUT2D eigenvalue weighted by atomic mass is 10.0. The fourth-order valence-electron chi connectivity index (χ4n) is 2.47. The average Bonchev–Trinajstić information content (AvgIpc) is 2.74. The third-order valence-electron chi connectivity index (χ3n) is 3.20. The summed E-state index contributed by atoms with van der Waals surface area (Å²) >= 11 is 5.88. The highest BCUT2D eigenvalue weighted by Crippen LogP contribution is 2.28. The van der Waals surface area contributed by atoms with Gasteiger partial charge >= 0.3 is 0 Å². The van der Waals surface area contributed by atoms with Crippen LogP contribution in [0.5, 0.6) is 0 Å². The molecular weight excluding hydrogens is 222 g/mol. The zero-order valence-corrected chi connectivity index (χ0v) is 10.3. The van der Waals surface area contributed by atoms with Crippen LogP contribution in [-0.4, -0.2) is 29.2 Å². The molecule has 0 spiro atoms. The largest absolute Gasteiger partial charge is 0.391 e. The molecule has 1 aromatic carbocycles. The molecule has 1 saturated heterocycles. The minimum absolute atomic E-state index is 0.111. The molecular formula is C13H18ClNO. The van der Waals surface area contributed by atoms with E-state index in [9.17, 15) is 5.11 Å². The van der Waals surface area contributed by atoms with Crippen LogP contribution < -0.4 is 0 Å². The third kappa shape index (κ3) is 2.57. The van der Waals surface area contributed by atoms with E-state index < -0.39 is 0 Å². The number of halogens is 1. The second-order valence-corrected chi connectivity index (χ2v) is 4.92. The van der Waals surface area contributed by atoms with Crippen molar-refractivity contribution in [2.45, 2.75) is 31.9 Å². The summed E-state index contributed by atoms with van der Waals surface area (Å²) in [7, 11) is 0. The summed E-state index contributed by atoms with van der Waals surface area (Å²) in [6.07, 6.45) is 2.12. The Kier molecular flexibility index (Phi) is 3.85. The third-order valence-corrected chi connectivity index (χ3v) is 3.45. The van der Waals surface area contributed by atoms with Crippen molar-refractivity contribution in [1.82, 2.24) is 4.90 Å². The lowest BCUT2D eigenvalue weighted by molar-refractivity contribution is 0.0749. The summed E-state index contributed by atoms with van der Waals surface area (Å²) in [5.41, 5.74) is 1.15. The standard InChI is InChI=1S/C13H18ClNO/c1-10(16)13(15-8-2-3-9-15)11-4-6-12(14)7-5-11/h4-7,10,13,16H,2-3,8-9H2,1H3/t10-,13-/m1/s1. The molecule has 2 nitrogen and oxygen atoms in total. The van der Waals surface area contributed by atoms with Gasteiger partial charge in [-0.2, -0.15) is 0 Å². The van der Waals surface area contributed by atoms with Crippen LogP contribution in [0.25, 0.3) is 0 Å². The first kappa shape index (κ1) is 11.9. The molecule has 1 aliphatic heterocycles. The van der Waals surface area contributed by atoms with E-state index in [4.69, 9.17) is 11.6 Å². The Balaban J connectivity index is 2.21. The van der Waals surface area contributed by atoms with Gasteiger partial charge in [0, 0.05) is 5.02 Å². The minimum atomic E-state index is -0.348. The quantitative estimate of drug-likeness (QED) is 0.877. The van der Waals surface area contributed by atoms with E-state index in [0.29, 0.717) is 0 Å². The highest BCUT2D eigenvalue weighted by Gasteiger charge is 2.26. The minimum Gasteiger partial charge on any atom is -0.391 e. The van der Waals surface area contributed by atoms with Crippen molar-refractivity contribution >= 4 is 11.6 Å². The number of hydrogen-bond donors (Lipinski definition) is 1. The van der Waals surface area contributed by atoms with Crippen molar-refractivity contribution in [3.63, 3.8) is 0 Å². The normalized spacial score (nSPS) is 20.9. The maximum atomic E-state index is 9.92. The van der Waals surface area contributed by atoms with Gasteiger partial charge in [0.05, 0.1) is 12.1 Å². The van der Waals surface area contributed by atoms with Crippen molar-refractivity contribution in [3.8, 4) is 0 Å². The van der Waals surface area contributed by atoms with Gasteiger partial charge in [-0.15, -0.1) is 0 Å². The van der Waals surface area contributed by atoms with Crippen LogP contribution in [-0.2, 0) is 0 Å². The summed E-state index contributed by atoms with van der Waals surface area (Å²) in [5, 5.41) is 10.7. The number of aliphatic hydroxyl groups excluding tert-OH is 1. The average molecular weight is 240 g/mol. The lowest BCUT2D eigenvalue weighted by Gasteiger charge is -2.30. The van der Waals surface area contributed by atoms with E-state index >= 15 is 0 Å². The summed E-state index contributed by atoms with van der Waals surface area (Å²) in [5.74, 6) is 0. The summed E-state index contributed by atoms with van der Waals surface area (Å²) in [4.78, 5) is 2.36. The molecule has 1 fully saturated rings. The van der Waals surface area contributed by atoms with E-state index in [1.54, 1.807) is 0 Å². The molecule has 1 heterocycles. The maximum absolute atomic E-state index is 9.92. The first-order valence-corrected chi connectivity index (χ1v) is 6.24. The van der Waals surface area contributed by atoms with Crippen molar-refractivity contribution in [2.24, 2.45) is 0 Å². The molecule has 0 bridgehead atoms. The van der Waals surface area contributed by atoms with Gasteiger partial charge < -0.3 is 5.11 Å². The second-order valence-electron chi connectivity index (χ2n) is 4.48. The first-order valence-electron chi connectivity index (χ1n) is 5.86. The number of hydrogen-bond acceptors (Lipinski definition) is 2. The number of benzene rings is 1. The second kappa shape index (κ2) is 5.17. The van der Waals surface area contributed by atoms with Crippen LogP contribution >= 0.6 is 11.6 Å². The molecule has 16 heavy (non-hydrogen) atoms. The van der Waals surface area contributed by atoms with E-state index in [-0.39, 0.29) is 12.1 Å². The van der Waals surface area contributed by atoms with Gasteiger partial charge in [0.1, 0.15) is 0 Å². The molecule has 0 aliphatic carbocycles. The molecule has 0 aromatic heterocycles. The number of nitrogens with zero attached hydrogens (tertiary/aromatic N) is 1. The van der Waals surface area contributed by atoms with Crippen LogP contribution in [0.2, 0.25) is 5.02 Å². The summed E-state index contributed by atoms with van der Waals surface area (Å²) in [6, 6.07) is 7.92. The van der Waals surface area contributed by atoms with Gasteiger partial charge in [0.2, 0.25) is 0 Å². The highest BCUT2D eigenvalue weighted by atomic mass is 35.5. The molecule has 2 atom stereocenters. The van der Waals surface area contributed by atoms with Crippen molar-refractivity contribution in [3.05, 3.63) is 34.9 Å². The van der Waals surface area contributed by atoms with Gasteiger partial charge in [-0.3, -0.25) is 4.90 Å². The Morgan fingerprint density at radius 2 is 1.75 bits per heavy atom. The van der Waals surface area contributed by atoms with E-state index in [1.807, 2.05) is 31.2 Å². The summed E-state index contributed by atoms with van der Waals surface area (Å²) < 4.78 is 0. The number of rotatable bonds is 3. The number of likely N-dealkylation sites (tertiary alicyclic amines) is 1. The Morgan fingerprint density at radius 3 is 2.25 bits per heavy atom. The molecule has 1 N–H and O–H groups in total. The molecule has 1 aliphatic rings. The molecule has 88 valence electrons. The van der Waals surface area contributed by atoms with Crippen LogP contribution in [0.3, 0.4) is 0 Å². The first-order chi connectivity index (χ1) is 7.68. The molecule has 3 heteroatoms. The van der Waals surface area contributed by atoms with Crippen LogP contribution in [0, 0.1) is 0 Å². The molecule has 0 amide bonds. The predicted octanol–water partition coefficient (Wildman–Crippen LogP) is 2.86. The zero-order chi connectivity index (χ0) is 11.5. The van der Waals surface area contributed by atoms with Gasteiger partial charge in [-0.25, -0.2) is 0 Å². The fourth-order valence-corrected chi connectivity index (χ4v) is 2.60. The topological polar surface area (TPSA) is 23.5 Å². The predicted molar refractivity (Wildman–Crippen MR) is 66.7 cm³/mol. The number of aliphatic hydroxyl groups is 1. The van der Waals surface area contributed by atoms with Crippen LogP contribution in [0.15, 0.2) is 24.3 Å². The molecule has 0 saturated carbocycles. The maximum Gasteiger partial charge on any atom is 0.0708 e. The van der Waals surface area contributed by atoms with E-state index in [0.717, 1.165) is 23.7 Å². The van der Waals surface area contributed by atoms with Crippen LogP contribution in [0.1, 0.15) is 31.4 Å². The van der Waals surface area contributed by atoms with Gasteiger partial charge in [-0.05, 0) is 50.6 Å². The lowest BCUT2D eigenvalue weighted by Crippen LogP contribution is -2.33. The monoisotopic (exact) mass is 239 g/mol. The Hall–Kier alpha value is -0.570. The van der Waals surface area contributed by atoms with Crippen molar-refractivity contribution in [2.75, 3.05) is 13.1 Å². The van der Waals surface area contributed by atoms with Crippen molar-refractivity contribution < 1.29 is 5.11 Å². The highest BCUT2D eigenvalue weighted by molar-refractivity contribution is 6.30. The molecule has 0 radical (unpaired) electrons. The van der Waals surface area contributed by atoms with Crippen LogP contribution in [0.4, 0.5) is 0 Å². The van der Waals surface area contributed by atoms with Gasteiger partial charge in [0.15, 0.2) is 0 Å². The SMILES string of the molecule is C[C@@H](O)[C@H](c1ccc(Cl)cc1)N1CCCC1. The van der Waals surface area contributed by atoms with Gasteiger partial charge in [-0.1, -0.05) is 23.7 Å². The molecule has 2 rings (SSSR count). The van der Waals surface area contributed by atoms with E-state index in [1.165, 1.54) is 12.8 Å². The zero-order valence-electron chi connectivity index (χ0n) is 9.56. The Labute approximate surface area is 102 Å². The summed E-state index contributed by atoms with van der Waals surface area (Å²) in [6.45, 7) is 4.02. The van der Waals surface area contributed by atoms with E-state index in [2.05, 4.69) is 4.90 Å². The smallest absolute Gasteiger partial charge is 0.0708 e. The van der Waals surface area contributed by atoms with Crippen molar-refractivity contribution in [1.29, 1.82) is 0 Å². The fraction of sp³-hybridized carbons (Fsp3) is 0.538. The van der Waals surface area contributed by atoms with Gasteiger partial charge in [0.25, 0.3) is 0 Å². The Bertz CT molecular complexity index is 330. The molecule has 0 unspecified atom stereocenters. The molecule has 1 aromatic rings.